The summed E-state index contributed by atoms with van der Waals surface area (Å²) in [4.78, 5) is 19.9. The highest BCUT2D eigenvalue weighted by Gasteiger charge is 2.20. The Hall–Kier alpha value is -2.97. The highest BCUT2D eigenvalue weighted by molar-refractivity contribution is 7.82. The minimum atomic E-state index is -1.43. The molecule has 1 N–H and O–H groups in total. The maximum Gasteiger partial charge on any atom is 0.282 e. The van der Waals surface area contributed by atoms with Crippen molar-refractivity contribution in [2.75, 3.05) is 17.7 Å². The Morgan fingerprint density at radius 2 is 1.90 bits per heavy atom. The third kappa shape index (κ3) is 5.03. The highest BCUT2D eigenvalue weighted by Crippen LogP contribution is 2.28. The van der Waals surface area contributed by atoms with Gasteiger partial charge >= 0.3 is 0 Å². The molecule has 0 spiro atoms. The summed E-state index contributed by atoms with van der Waals surface area (Å²) >= 11 is 1.47. The van der Waals surface area contributed by atoms with Gasteiger partial charge in [-0.15, -0.1) is 11.3 Å². The monoisotopic (exact) mass is 453 g/mol. The summed E-state index contributed by atoms with van der Waals surface area (Å²) in [5.74, 6) is -0.415. The van der Waals surface area contributed by atoms with Crippen molar-refractivity contribution < 1.29 is 13.4 Å². The van der Waals surface area contributed by atoms with Crippen LogP contribution in [0.25, 0.3) is 11.0 Å². The molecule has 2 heterocycles. The van der Waals surface area contributed by atoms with Gasteiger partial charge in [0.15, 0.2) is 5.13 Å². The molecule has 0 aliphatic heterocycles. The van der Waals surface area contributed by atoms with Crippen molar-refractivity contribution in [3.8, 4) is 0 Å². The number of hydrogen-bond acceptors (Lipinski definition) is 6. The van der Waals surface area contributed by atoms with Gasteiger partial charge in [-0.2, -0.15) is 0 Å². The number of aryl methyl sites for hydroxylation is 1. The number of carbonyl (C=O) groups excluding carboxylic acids is 1. The van der Waals surface area contributed by atoms with Crippen LogP contribution < -0.4 is 9.62 Å². The van der Waals surface area contributed by atoms with Crippen LogP contribution in [0.15, 0.2) is 65.3 Å². The van der Waals surface area contributed by atoms with Gasteiger partial charge in [0.05, 0.1) is 6.26 Å². The van der Waals surface area contributed by atoms with Gasteiger partial charge in [0, 0.05) is 29.6 Å². The van der Waals surface area contributed by atoms with E-state index in [1.807, 2.05) is 49.6 Å². The van der Waals surface area contributed by atoms with E-state index in [0.29, 0.717) is 18.8 Å². The molecule has 0 aliphatic rings. The van der Waals surface area contributed by atoms with E-state index in [0.717, 1.165) is 38.5 Å². The van der Waals surface area contributed by atoms with Gasteiger partial charge in [-0.1, -0.05) is 48.5 Å². The molecule has 1 amide bonds. The maximum absolute atomic E-state index is 12.4. The summed E-state index contributed by atoms with van der Waals surface area (Å²) in [7, 11) is -1.43. The normalized spacial score (nSPS) is 12.1. The van der Waals surface area contributed by atoms with Crippen LogP contribution in [0.3, 0.4) is 0 Å². The zero-order valence-electron chi connectivity index (χ0n) is 17.3. The van der Waals surface area contributed by atoms with Gasteiger partial charge in [0.2, 0.25) is 0 Å². The first-order chi connectivity index (χ1) is 15.0. The summed E-state index contributed by atoms with van der Waals surface area (Å²) < 4.78 is 19.5. The molecule has 160 valence electrons. The fourth-order valence-electron chi connectivity index (χ4n) is 3.44. The van der Waals surface area contributed by atoms with Crippen molar-refractivity contribution in [2.24, 2.45) is 0 Å². The number of nitrogens with zero attached hydrogens (tertiary/aromatic N) is 2. The molecular formula is C23H23N3O3S2. The van der Waals surface area contributed by atoms with E-state index in [-0.39, 0.29) is 0 Å². The summed E-state index contributed by atoms with van der Waals surface area (Å²) in [6, 6.07) is 18.2. The summed E-state index contributed by atoms with van der Waals surface area (Å²) in [5, 5.41) is 1.88. The van der Waals surface area contributed by atoms with E-state index in [1.54, 1.807) is 0 Å². The lowest BCUT2D eigenvalue weighted by molar-refractivity contribution is 0.0978. The molecule has 2 aromatic carbocycles. The van der Waals surface area contributed by atoms with Gasteiger partial charge in [-0.25, -0.2) is 9.19 Å². The Morgan fingerprint density at radius 3 is 2.68 bits per heavy atom. The first-order valence-corrected chi connectivity index (χ1v) is 12.2. The van der Waals surface area contributed by atoms with Crippen molar-refractivity contribution in [3.05, 3.63) is 82.6 Å². The number of amides is 1. The average Bonchev–Trinajstić information content (AvgIpc) is 3.35. The minimum Gasteiger partial charge on any atom is -0.464 e. The quantitative estimate of drug-likeness (QED) is 0.426. The number of furan rings is 1. The van der Waals surface area contributed by atoms with Crippen LogP contribution in [-0.4, -0.2) is 27.9 Å². The fraction of sp³-hybridized carbons (Fsp3) is 0.217. The van der Waals surface area contributed by atoms with E-state index in [9.17, 15) is 9.00 Å². The van der Waals surface area contributed by atoms with E-state index < -0.39 is 16.9 Å². The molecule has 0 radical (unpaired) electrons. The van der Waals surface area contributed by atoms with E-state index >= 15 is 0 Å². The zero-order chi connectivity index (χ0) is 21.8. The summed E-state index contributed by atoms with van der Waals surface area (Å²) in [6.45, 7) is 3.25. The number of rotatable bonds is 8. The van der Waals surface area contributed by atoms with Crippen LogP contribution >= 0.6 is 11.3 Å². The number of aromatic nitrogens is 1. The Bertz CT molecular complexity index is 1220. The molecule has 4 aromatic rings. The first kappa shape index (κ1) is 21.3. The van der Waals surface area contributed by atoms with Gasteiger partial charge in [-0.3, -0.25) is 9.52 Å². The largest absolute Gasteiger partial charge is 0.464 e. The van der Waals surface area contributed by atoms with Crippen LogP contribution in [0.1, 0.15) is 26.5 Å². The SMILES string of the molecule is Cc1sc(N(CCc2coc3ccccc23)Cc2ccccc2)nc1C(=O)NS(C)=O. The molecule has 4 rings (SSSR count). The molecular weight excluding hydrogens is 430 g/mol. The topological polar surface area (TPSA) is 75.4 Å². The second-order valence-electron chi connectivity index (χ2n) is 7.20. The number of anilines is 1. The predicted molar refractivity (Wildman–Crippen MR) is 126 cm³/mol. The fourth-order valence-corrected chi connectivity index (χ4v) is 4.72. The van der Waals surface area contributed by atoms with Gasteiger partial charge in [0.25, 0.3) is 5.91 Å². The van der Waals surface area contributed by atoms with Crippen molar-refractivity contribution in [1.29, 1.82) is 0 Å². The molecule has 1 atom stereocenters. The van der Waals surface area contributed by atoms with Crippen LogP contribution in [0.2, 0.25) is 0 Å². The Kier molecular flexibility index (Phi) is 6.48. The van der Waals surface area contributed by atoms with Crippen molar-refractivity contribution >= 4 is 44.3 Å². The third-order valence-electron chi connectivity index (χ3n) is 4.94. The molecule has 2 aromatic heterocycles. The lowest BCUT2D eigenvalue weighted by atomic mass is 10.1. The first-order valence-electron chi connectivity index (χ1n) is 9.87. The number of thiazole rings is 1. The van der Waals surface area contributed by atoms with Gasteiger partial charge in [-0.05, 0) is 30.5 Å². The lowest BCUT2D eigenvalue weighted by Crippen LogP contribution is -2.27. The molecule has 0 saturated heterocycles. The van der Waals surface area contributed by atoms with E-state index in [1.165, 1.54) is 17.6 Å². The molecule has 0 fully saturated rings. The number of nitrogens with one attached hydrogen (secondary N) is 1. The molecule has 8 heteroatoms. The van der Waals surface area contributed by atoms with Crippen LogP contribution in [0, 0.1) is 6.92 Å². The number of hydrogen-bond donors (Lipinski definition) is 1. The zero-order valence-corrected chi connectivity index (χ0v) is 19.0. The Balaban J connectivity index is 1.60. The van der Waals surface area contributed by atoms with Crippen molar-refractivity contribution in [3.63, 3.8) is 0 Å². The molecule has 31 heavy (non-hydrogen) atoms. The average molecular weight is 454 g/mol. The third-order valence-corrected chi connectivity index (χ3v) is 6.44. The summed E-state index contributed by atoms with van der Waals surface area (Å²) in [6.07, 6.45) is 4.02. The van der Waals surface area contributed by atoms with Crippen molar-refractivity contribution in [1.82, 2.24) is 9.71 Å². The van der Waals surface area contributed by atoms with Crippen LogP contribution in [0.4, 0.5) is 5.13 Å². The number of benzene rings is 2. The smallest absolute Gasteiger partial charge is 0.282 e. The molecule has 1 unspecified atom stereocenters. The predicted octanol–water partition coefficient (Wildman–Crippen LogP) is 4.47. The number of fused-ring (bicyclic) bond motifs is 1. The van der Waals surface area contributed by atoms with E-state index in [4.69, 9.17) is 4.42 Å². The maximum atomic E-state index is 12.4. The Morgan fingerprint density at radius 1 is 1.16 bits per heavy atom. The molecule has 6 nitrogen and oxygen atoms in total. The van der Waals surface area contributed by atoms with Gasteiger partial charge < -0.3 is 9.32 Å². The summed E-state index contributed by atoms with van der Waals surface area (Å²) in [5.41, 5.74) is 3.50. The van der Waals surface area contributed by atoms with Gasteiger partial charge in [0.1, 0.15) is 22.3 Å². The number of para-hydroxylation sites is 1. The molecule has 0 bridgehead atoms. The van der Waals surface area contributed by atoms with E-state index in [2.05, 4.69) is 32.8 Å². The van der Waals surface area contributed by atoms with Crippen LogP contribution in [0.5, 0.6) is 0 Å². The molecule has 0 saturated carbocycles. The minimum absolute atomic E-state index is 0.321. The second-order valence-corrected chi connectivity index (χ2v) is 9.49. The second kappa shape index (κ2) is 9.45. The molecule has 0 aliphatic carbocycles. The van der Waals surface area contributed by atoms with Crippen molar-refractivity contribution in [2.45, 2.75) is 19.9 Å². The standard InChI is InChI=1S/C23H23N3O3S2/c1-16-21(22(27)25-31(2)28)24-23(30-16)26(14-17-8-4-3-5-9-17)13-12-18-15-29-20-11-7-6-10-19(18)20/h3-11,15H,12-14H2,1-2H3,(H,25,27). The lowest BCUT2D eigenvalue weighted by Gasteiger charge is -2.22. The van der Waals surface area contributed by atoms with Crippen LogP contribution in [-0.2, 0) is 24.0 Å². The number of carbonyl (C=O) groups is 1. The Labute approximate surface area is 187 Å². The highest BCUT2D eigenvalue weighted by atomic mass is 32.2.